The SMILES string of the molecule is COc1ccc(OCC(=O)Nc2cc(-c3cn4cccnc4n3)ccc2C)cc1. The molecular weight excluding hydrogens is 368 g/mol. The Morgan fingerprint density at radius 1 is 1.14 bits per heavy atom. The zero-order valence-corrected chi connectivity index (χ0v) is 16.1. The lowest BCUT2D eigenvalue weighted by Gasteiger charge is -2.11. The zero-order chi connectivity index (χ0) is 20.2. The van der Waals surface area contributed by atoms with Gasteiger partial charge in [-0.05, 0) is 48.9 Å². The number of aryl methyl sites for hydroxylation is 1. The van der Waals surface area contributed by atoms with E-state index in [1.165, 1.54) is 0 Å². The Morgan fingerprint density at radius 3 is 2.69 bits per heavy atom. The molecule has 1 N–H and O–H groups in total. The van der Waals surface area contributed by atoms with Crippen molar-refractivity contribution in [3.05, 3.63) is 72.7 Å². The van der Waals surface area contributed by atoms with Gasteiger partial charge in [0.25, 0.3) is 5.91 Å². The van der Waals surface area contributed by atoms with E-state index in [2.05, 4.69) is 15.3 Å². The number of nitrogens with zero attached hydrogens (tertiary/aromatic N) is 3. The van der Waals surface area contributed by atoms with E-state index in [9.17, 15) is 4.79 Å². The minimum atomic E-state index is -0.238. The number of rotatable bonds is 6. The van der Waals surface area contributed by atoms with Crippen LogP contribution in [0.15, 0.2) is 67.1 Å². The molecule has 0 spiro atoms. The number of carbonyl (C=O) groups excluding carboxylic acids is 1. The van der Waals surface area contributed by atoms with Crippen LogP contribution >= 0.6 is 0 Å². The Labute approximate surface area is 168 Å². The van der Waals surface area contributed by atoms with Gasteiger partial charge in [-0.1, -0.05) is 12.1 Å². The van der Waals surface area contributed by atoms with Crippen molar-refractivity contribution in [2.45, 2.75) is 6.92 Å². The minimum absolute atomic E-state index is 0.0890. The van der Waals surface area contributed by atoms with Gasteiger partial charge in [-0.25, -0.2) is 9.97 Å². The lowest BCUT2D eigenvalue weighted by molar-refractivity contribution is -0.118. The molecule has 146 valence electrons. The van der Waals surface area contributed by atoms with Crippen LogP contribution in [0, 0.1) is 6.92 Å². The normalized spacial score (nSPS) is 10.7. The number of fused-ring (bicyclic) bond motifs is 1. The van der Waals surface area contributed by atoms with Gasteiger partial charge in [-0.15, -0.1) is 0 Å². The quantitative estimate of drug-likeness (QED) is 0.545. The number of nitrogens with one attached hydrogen (secondary N) is 1. The van der Waals surface area contributed by atoms with Gasteiger partial charge < -0.3 is 14.8 Å². The maximum Gasteiger partial charge on any atom is 0.262 e. The van der Waals surface area contributed by atoms with Crippen molar-refractivity contribution >= 4 is 17.4 Å². The number of imidazole rings is 1. The molecule has 0 aliphatic heterocycles. The second-order valence-corrected chi connectivity index (χ2v) is 6.50. The first-order valence-corrected chi connectivity index (χ1v) is 9.10. The molecule has 0 unspecified atom stereocenters. The summed E-state index contributed by atoms with van der Waals surface area (Å²) >= 11 is 0. The molecule has 0 saturated carbocycles. The molecule has 0 atom stereocenters. The average molecular weight is 388 g/mol. The summed E-state index contributed by atoms with van der Waals surface area (Å²) in [5, 5.41) is 2.91. The summed E-state index contributed by atoms with van der Waals surface area (Å²) in [6.45, 7) is 1.85. The predicted molar refractivity (Wildman–Crippen MR) is 110 cm³/mol. The van der Waals surface area contributed by atoms with Crippen molar-refractivity contribution in [1.29, 1.82) is 0 Å². The van der Waals surface area contributed by atoms with Crippen LogP contribution < -0.4 is 14.8 Å². The van der Waals surface area contributed by atoms with Crippen molar-refractivity contribution < 1.29 is 14.3 Å². The lowest BCUT2D eigenvalue weighted by atomic mass is 10.1. The van der Waals surface area contributed by atoms with Gasteiger partial charge in [0.2, 0.25) is 5.78 Å². The van der Waals surface area contributed by atoms with E-state index in [-0.39, 0.29) is 12.5 Å². The summed E-state index contributed by atoms with van der Waals surface area (Å²) in [5.41, 5.74) is 3.35. The monoisotopic (exact) mass is 388 g/mol. The molecule has 0 aliphatic carbocycles. The van der Waals surface area contributed by atoms with E-state index < -0.39 is 0 Å². The van der Waals surface area contributed by atoms with Crippen molar-refractivity contribution in [3.8, 4) is 22.8 Å². The molecule has 0 saturated heterocycles. The van der Waals surface area contributed by atoms with Crippen molar-refractivity contribution in [2.24, 2.45) is 0 Å². The van der Waals surface area contributed by atoms with Crippen LogP contribution in [0.5, 0.6) is 11.5 Å². The Balaban J connectivity index is 1.46. The van der Waals surface area contributed by atoms with E-state index in [4.69, 9.17) is 9.47 Å². The number of aromatic nitrogens is 3. The van der Waals surface area contributed by atoms with Crippen LogP contribution in [-0.2, 0) is 4.79 Å². The topological polar surface area (TPSA) is 77.8 Å². The number of benzene rings is 2. The summed E-state index contributed by atoms with van der Waals surface area (Å²) in [7, 11) is 1.60. The summed E-state index contributed by atoms with van der Waals surface area (Å²) in [6.07, 6.45) is 5.51. The van der Waals surface area contributed by atoms with Crippen LogP contribution in [0.2, 0.25) is 0 Å². The second-order valence-electron chi connectivity index (χ2n) is 6.50. The summed E-state index contributed by atoms with van der Waals surface area (Å²) in [6, 6.07) is 14.8. The van der Waals surface area contributed by atoms with Crippen molar-refractivity contribution in [2.75, 3.05) is 19.0 Å². The highest BCUT2D eigenvalue weighted by molar-refractivity contribution is 5.93. The van der Waals surface area contributed by atoms with Gasteiger partial charge in [-0.2, -0.15) is 0 Å². The third-order valence-corrected chi connectivity index (χ3v) is 4.47. The number of amides is 1. The highest BCUT2D eigenvalue weighted by Gasteiger charge is 2.10. The Kier molecular flexibility index (Phi) is 5.11. The smallest absolute Gasteiger partial charge is 0.262 e. The summed E-state index contributed by atoms with van der Waals surface area (Å²) in [4.78, 5) is 21.1. The van der Waals surface area contributed by atoms with E-state index in [0.717, 1.165) is 28.3 Å². The number of hydrogen-bond donors (Lipinski definition) is 1. The number of methoxy groups -OCH3 is 1. The molecule has 0 fully saturated rings. The van der Waals surface area contributed by atoms with Crippen molar-refractivity contribution in [3.63, 3.8) is 0 Å². The minimum Gasteiger partial charge on any atom is -0.497 e. The number of ether oxygens (including phenoxy) is 2. The third-order valence-electron chi connectivity index (χ3n) is 4.47. The first-order valence-electron chi connectivity index (χ1n) is 9.10. The molecule has 0 radical (unpaired) electrons. The Morgan fingerprint density at radius 2 is 1.93 bits per heavy atom. The molecule has 2 aromatic carbocycles. The van der Waals surface area contributed by atoms with Crippen LogP contribution in [-0.4, -0.2) is 34.0 Å². The van der Waals surface area contributed by atoms with Gasteiger partial charge in [0.1, 0.15) is 11.5 Å². The van der Waals surface area contributed by atoms with E-state index in [1.807, 2.05) is 48.0 Å². The standard InChI is InChI=1S/C22H20N4O3/c1-15-4-5-16(20-13-26-11-3-10-23-22(26)25-20)12-19(15)24-21(27)14-29-18-8-6-17(28-2)7-9-18/h3-13H,14H2,1-2H3,(H,24,27). The van der Waals surface area contributed by atoms with Gasteiger partial charge in [0.15, 0.2) is 6.61 Å². The number of carbonyl (C=O) groups is 1. The van der Waals surface area contributed by atoms with Crippen LogP contribution in [0.25, 0.3) is 17.0 Å². The van der Waals surface area contributed by atoms with E-state index in [1.54, 1.807) is 37.6 Å². The maximum absolute atomic E-state index is 12.4. The molecular formula is C22H20N4O3. The zero-order valence-electron chi connectivity index (χ0n) is 16.1. The molecule has 0 bridgehead atoms. The maximum atomic E-state index is 12.4. The summed E-state index contributed by atoms with van der Waals surface area (Å²) < 4.78 is 12.5. The largest absolute Gasteiger partial charge is 0.497 e. The summed E-state index contributed by atoms with van der Waals surface area (Å²) in [5.74, 6) is 1.72. The second kappa shape index (κ2) is 8.02. The number of hydrogen-bond acceptors (Lipinski definition) is 5. The molecule has 29 heavy (non-hydrogen) atoms. The fourth-order valence-corrected chi connectivity index (χ4v) is 2.89. The molecule has 4 rings (SSSR count). The van der Waals surface area contributed by atoms with Gasteiger partial charge in [0.05, 0.1) is 12.8 Å². The molecule has 4 aromatic rings. The highest BCUT2D eigenvalue weighted by Crippen LogP contribution is 2.25. The van der Waals surface area contributed by atoms with Gasteiger partial charge in [-0.3, -0.25) is 9.20 Å². The molecule has 2 aromatic heterocycles. The van der Waals surface area contributed by atoms with Crippen LogP contribution in [0.3, 0.4) is 0 Å². The molecule has 7 nitrogen and oxygen atoms in total. The first kappa shape index (κ1) is 18.5. The van der Waals surface area contributed by atoms with Crippen LogP contribution in [0.4, 0.5) is 5.69 Å². The molecule has 2 heterocycles. The molecule has 0 aliphatic rings. The van der Waals surface area contributed by atoms with Gasteiger partial charge >= 0.3 is 0 Å². The van der Waals surface area contributed by atoms with Crippen LogP contribution in [0.1, 0.15) is 5.56 Å². The molecule has 1 amide bonds. The average Bonchev–Trinajstić information content (AvgIpc) is 3.18. The molecule has 7 heteroatoms. The van der Waals surface area contributed by atoms with E-state index in [0.29, 0.717) is 11.5 Å². The van der Waals surface area contributed by atoms with Gasteiger partial charge in [0, 0.05) is 29.8 Å². The fraction of sp³-hybridized carbons (Fsp3) is 0.136. The lowest BCUT2D eigenvalue weighted by Crippen LogP contribution is -2.20. The Hall–Kier alpha value is -3.87. The first-order chi connectivity index (χ1) is 14.1. The number of anilines is 1. The predicted octanol–water partition coefficient (Wildman–Crippen LogP) is 3.73. The third kappa shape index (κ3) is 4.19. The fourth-order valence-electron chi connectivity index (χ4n) is 2.89. The van der Waals surface area contributed by atoms with Crippen molar-refractivity contribution in [1.82, 2.24) is 14.4 Å². The Bertz CT molecular complexity index is 1120. The highest BCUT2D eigenvalue weighted by atomic mass is 16.5. The van der Waals surface area contributed by atoms with E-state index >= 15 is 0 Å².